The summed E-state index contributed by atoms with van der Waals surface area (Å²) >= 11 is 0. The Balaban J connectivity index is 0.00000121. The SMILES string of the molecule is Nc1ccc(S(N)(=O)=O)cc1.[N]. The van der Waals surface area contributed by atoms with Crippen LogP contribution in [0.5, 0.6) is 0 Å². The smallest absolute Gasteiger partial charge is 0.238 e. The van der Waals surface area contributed by atoms with Crippen molar-refractivity contribution in [3.63, 3.8) is 0 Å². The van der Waals surface area contributed by atoms with E-state index in [1.165, 1.54) is 24.3 Å². The molecule has 0 fully saturated rings. The molecule has 0 atom stereocenters. The van der Waals surface area contributed by atoms with Crippen LogP contribution in [0.3, 0.4) is 0 Å². The van der Waals surface area contributed by atoms with Gasteiger partial charge in [0, 0.05) is 11.8 Å². The number of sulfonamides is 1. The van der Waals surface area contributed by atoms with Crippen molar-refractivity contribution >= 4 is 15.7 Å². The lowest BCUT2D eigenvalue weighted by molar-refractivity contribution is 0.598. The van der Waals surface area contributed by atoms with Gasteiger partial charge in [0.1, 0.15) is 0 Å². The number of benzene rings is 1. The molecule has 12 heavy (non-hydrogen) atoms. The molecule has 6 heteroatoms. The predicted octanol–water partition coefficient (Wildman–Crippen LogP) is -0.564. The maximum Gasteiger partial charge on any atom is 0.238 e. The van der Waals surface area contributed by atoms with E-state index in [0.29, 0.717) is 5.69 Å². The average Bonchev–Trinajstić information content (AvgIpc) is 1.86. The van der Waals surface area contributed by atoms with Crippen molar-refractivity contribution in [1.82, 2.24) is 6.15 Å². The molecular weight excluding hydrogens is 178 g/mol. The molecule has 3 radical (unpaired) electrons. The van der Waals surface area contributed by atoms with Gasteiger partial charge < -0.3 is 5.73 Å². The van der Waals surface area contributed by atoms with Gasteiger partial charge in [0.2, 0.25) is 10.0 Å². The first-order chi connectivity index (χ1) is 5.00. The Hall–Kier alpha value is -1.11. The van der Waals surface area contributed by atoms with Gasteiger partial charge >= 0.3 is 0 Å². The molecule has 65 valence electrons. The third-order valence-electron chi connectivity index (χ3n) is 1.21. The molecular formula is C6H8N3O2S. The summed E-state index contributed by atoms with van der Waals surface area (Å²) in [6, 6.07) is 5.70. The summed E-state index contributed by atoms with van der Waals surface area (Å²) in [5, 5.41) is 4.84. The standard InChI is InChI=1S/C6H8N2O2S.N/c7-5-1-3-6(4-2-5)11(8,9)10;/h1-4H,7H2,(H2,8,9,10);. The molecule has 0 saturated carbocycles. The first-order valence-electron chi connectivity index (χ1n) is 2.88. The molecule has 0 aliphatic heterocycles. The van der Waals surface area contributed by atoms with Gasteiger partial charge in [-0.2, -0.15) is 0 Å². The molecule has 0 unspecified atom stereocenters. The summed E-state index contributed by atoms with van der Waals surface area (Å²) in [4.78, 5) is 0.0756. The van der Waals surface area contributed by atoms with Crippen molar-refractivity contribution in [1.29, 1.82) is 0 Å². The van der Waals surface area contributed by atoms with E-state index in [4.69, 9.17) is 10.9 Å². The van der Waals surface area contributed by atoms with Crippen molar-refractivity contribution in [2.45, 2.75) is 4.90 Å². The molecule has 4 N–H and O–H groups in total. The third-order valence-corrected chi connectivity index (χ3v) is 2.14. The molecule has 0 heterocycles. The maximum absolute atomic E-state index is 10.7. The van der Waals surface area contributed by atoms with E-state index in [-0.39, 0.29) is 11.0 Å². The van der Waals surface area contributed by atoms with Gasteiger partial charge in [0.05, 0.1) is 4.90 Å². The van der Waals surface area contributed by atoms with Crippen LogP contribution in [0.4, 0.5) is 5.69 Å². The zero-order chi connectivity index (χ0) is 8.48. The Morgan fingerprint density at radius 1 is 1.08 bits per heavy atom. The number of hydrogen-bond donors (Lipinski definition) is 2. The molecule has 1 rings (SSSR count). The van der Waals surface area contributed by atoms with Crippen LogP contribution < -0.4 is 17.0 Å². The lowest BCUT2D eigenvalue weighted by atomic mass is 10.3. The average molecular weight is 186 g/mol. The van der Waals surface area contributed by atoms with Crippen LogP contribution in [-0.2, 0) is 10.0 Å². The highest BCUT2D eigenvalue weighted by molar-refractivity contribution is 7.89. The number of primary sulfonamides is 1. The van der Waals surface area contributed by atoms with Crippen LogP contribution in [0, 0.1) is 0 Å². The summed E-state index contributed by atoms with van der Waals surface area (Å²) in [5.74, 6) is 0. The fourth-order valence-electron chi connectivity index (χ4n) is 0.658. The van der Waals surface area contributed by atoms with Crippen molar-refractivity contribution < 1.29 is 8.42 Å². The predicted molar refractivity (Wildman–Crippen MR) is 44.4 cm³/mol. The number of nitrogens with zero attached hydrogens (tertiary/aromatic N) is 1. The largest absolute Gasteiger partial charge is 0.399 e. The van der Waals surface area contributed by atoms with Crippen LogP contribution in [0.25, 0.3) is 0 Å². The second-order valence-corrected chi connectivity index (χ2v) is 3.68. The fourth-order valence-corrected chi connectivity index (χ4v) is 1.17. The lowest BCUT2D eigenvalue weighted by Crippen LogP contribution is -2.11. The third kappa shape index (κ3) is 2.50. The fraction of sp³-hybridized carbons (Fsp3) is 0. The molecule has 1 aromatic carbocycles. The topological polar surface area (TPSA) is 117 Å². The molecule has 0 spiro atoms. The second kappa shape index (κ2) is 3.53. The minimum atomic E-state index is -3.58. The van der Waals surface area contributed by atoms with Crippen molar-refractivity contribution in [3.05, 3.63) is 24.3 Å². The molecule has 0 aromatic heterocycles. The van der Waals surface area contributed by atoms with Gasteiger partial charge in [0.15, 0.2) is 0 Å². The van der Waals surface area contributed by atoms with Gasteiger partial charge in [0.25, 0.3) is 0 Å². The van der Waals surface area contributed by atoms with Gasteiger partial charge in [-0.05, 0) is 24.3 Å². The Morgan fingerprint density at radius 2 is 1.50 bits per heavy atom. The minimum Gasteiger partial charge on any atom is -0.399 e. The Bertz CT molecular complexity index is 344. The first kappa shape index (κ1) is 10.9. The Morgan fingerprint density at radius 3 is 1.83 bits per heavy atom. The molecule has 5 nitrogen and oxygen atoms in total. The molecule has 1 aromatic rings. The van der Waals surface area contributed by atoms with E-state index in [9.17, 15) is 8.42 Å². The second-order valence-electron chi connectivity index (χ2n) is 2.11. The zero-order valence-corrected chi connectivity index (χ0v) is 6.95. The molecule has 0 aliphatic carbocycles. The Kier molecular flexibility index (Phi) is 3.20. The summed E-state index contributed by atoms with van der Waals surface area (Å²) in [7, 11) is -3.58. The van der Waals surface area contributed by atoms with E-state index < -0.39 is 10.0 Å². The Labute approximate surface area is 71.0 Å². The highest BCUT2D eigenvalue weighted by Gasteiger charge is 2.04. The highest BCUT2D eigenvalue weighted by Crippen LogP contribution is 2.08. The van der Waals surface area contributed by atoms with Crippen LogP contribution in [0.2, 0.25) is 0 Å². The minimum absolute atomic E-state index is 0. The molecule has 0 saturated heterocycles. The number of nitrogens with two attached hydrogens (primary N) is 2. The van der Waals surface area contributed by atoms with Gasteiger partial charge in [-0.15, -0.1) is 0 Å². The lowest BCUT2D eigenvalue weighted by Gasteiger charge is -1.96. The first-order valence-corrected chi connectivity index (χ1v) is 4.43. The van der Waals surface area contributed by atoms with E-state index >= 15 is 0 Å². The van der Waals surface area contributed by atoms with Crippen LogP contribution in [0.1, 0.15) is 0 Å². The van der Waals surface area contributed by atoms with E-state index in [0.717, 1.165) is 0 Å². The van der Waals surface area contributed by atoms with Crippen molar-refractivity contribution in [2.75, 3.05) is 5.73 Å². The summed E-state index contributed by atoms with van der Waals surface area (Å²) < 4.78 is 21.4. The van der Waals surface area contributed by atoms with E-state index in [2.05, 4.69) is 0 Å². The summed E-state index contributed by atoms with van der Waals surface area (Å²) in [5.41, 5.74) is 5.85. The van der Waals surface area contributed by atoms with Crippen molar-refractivity contribution in [3.8, 4) is 0 Å². The number of nitrogen functional groups attached to an aromatic ring is 1. The van der Waals surface area contributed by atoms with Gasteiger partial charge in [-0.25, -0.2) is 13.6 Å². The zero-order valence-electron chi connectivity index (χ0n) is 6.14. The monoisotopic (exact) mass is 186 g/mol. The summed E-state index contributed by atoms with van der Waals surface area (Å²) in [6.45, 7) is 0. The maximum atomic E-state index is 10.7. The normalized spacial score (nSPS) is 10.4. The number of anilines is 1. The molecule has 0 amide bonds. The van der Waals surface area contributed by atoms with E-state index in [1.54, 1.807) is 0 Å². The number of hydrogen-bond acceptors (Lipinski definition) is 3. The molecule has 0 aliphatic rings. The summed E-state index contributed by atoms with van der Waals surface area (Å²) in [6.07, 6.45) is 0. The van der Waals surface area contributed by atoms with Crippen LogP contribution in [-0.4, -0.2) is 8.42 Å². The quantitative estimate of drug-likeness (QED) is 0.572. The van der Waals surface area contributed by atoms with Crippen molar-refractivity contribution in [2.24, 2.45) is 5.14 Å². The molecule has 0 bridgehead atoms. The number of rotatable bonds is 1. The van der Waals surface area contributed by atoms with E-state index in [1.807, 2.05) is 0 Å². The van der Waals surface area contributed by atoms with Gasteiger partial charge in [-0.3, -0.25) is 0 Å². The van der Waals surface area contributed by atoms with Gasteiger partial charge in [-0.1, -0.05) is 0 Å². The van der Waals surface area contributed by atoms with Crippen LogP contribution in [0.15, 0.2) is 29.2 Å². The highest BCUT2D eigenvalue weighted by atomic mass is 32.2. The van der Waals surface area contributed by atoms with Crippen LogP contribution >= 0.6 is 0 Å².